The Morgan fingerprint density at radius 2 is 2.07 bits per heavy atom. The first-order chi connectivity index (χ1) is 12.8. The van der Waals surface area contributed by atoms with Gasteiger partial charge in [-0.1, -0.05) is 0 Å². The number of anilines is 1. The van der Waals surface area contributed by atoms with Crippen molar-refractivity contribution in [1.82, 2.24) is 19.5 Å². The van der Waals surface area contributed by atoms with Gasteiger partial charge < -0.3 is 28.7 Å². The van der Waals surface area contributed by atoms with Gasteiger partial charge in [0.25, 0.3) is 0 Å². The van der Waals surface area contributed by atoms with Gasteiger partial charge in [-0.2, -0.15) is 0 Å². The van der Waals surface area contributed by atoms with Crippen LogP contribution < -0.4 is 5.48 Å². The summed E-state index contributed by atoms with van der Waals surface area (Å²) < 4.78 is 38.6. The van der Waals surface area contributed by atoms with Crippen LogP contribution in [0.3, 0.4) is 0 Å². The molecular weight excluding hydrogens is 408 g/mol. The van der Waals surface area contributed by atoms with E-state index in [1.807, 2.05) is 5.48 Å². The zero-order valence-electron chi connectivity index (χ0n) is 13.7. The third-order valence-corrected chi connectivity index (χ3v) is 4.90. The SMILES string of the molecule is C[C@@]1(O)C(O[PH](=O)O)C(CO[PH](=O)O)OC1n1cnc2c(NO)ncnc21. The van der Waals surface area contributed by atoms with Crippen molar-refractivity contribution in [2.75, 3.05) is 12.1 Å². The molecule has 0 bridgehead atoms. The van der Waals surface area contributed by atoms with Crippen LogP contribution in [0.5, 0.6) is 0 Å². The fourth-order valence-electron chi connectivity index (χ4n) is 2.93. The van der Waals surface area contributed by atoms with Crippen molar-refractivity contribution in [3.05, 3.63) is 12.7 Å². The number of aromatic nitrogens is 4. The van der Waals surface area contributed by atoms with Crippen molar-refractivity contribution in [2.24, 2.45) is 0 Å². The van der Waals surface area contributed by atoms with E-state index in [4.69, 9.17) is 24.3 Å². The Bertz CT molecular complexity index is 877. The number of rotatable bonds is 7. The standard InChI is InChI=1S/C11H17N5O9P2/c1-11(17)7(25-27(21)22)5(2-23-26(19)20)24-10(11)16-4-14-6-8(15-18)12-3-13-9(6)16/h3-5,7,10,17-18,26-27H,2H2,1H3,(H,19,20)(H,21,22)(H,12,13,15)/t5?,7?,10?,11-/m1/s1. The van der Waals surface area contributed by atoms with Gasteiger partial charge in [-0.15, -0.1) is 0 Å². The topological polar surface area (TPSA) is 198 Å². The molecule has 2 aromatic rings. The highest BCUT2D eigenvalue weighted by Crippen LogP contribution is 2.44. The zero-order chi connectivity index (χ0) is 19.8. The Morgan fingerprint density at radius 3 is 2.70 bits per heavy atom. The van der Waals surface area contributed by atoms with Crippen molar-refractivity contribution in [1.29, 1.82) is 0 Å². The second-order valence-corrected chi connectivity index (χ2v) is 7.38. The lowest BCUT2D eigenvalue weighted by atomic mass is 9.96. The molecule has 3 heterocycles. The third-order valence-electron chi connectivity index (χ3n) is 4.03. The van der Waals surface area contributed by atoms with Crippen LogP contribution in [0.25, 0.3) is 11.2 Å². The van der Waals surface area contributed by atoms with E-state index in [1.165, 1.54) is 17.8 Å². The van der Waals surface area contributed by atoms with Crippen molar-refractivity contribution in [2.45, 2.75) is 31.0 Å². The zero-order valence-corrected chi connectivity index (χ0v) is 15.7. The van der Waals surface area contributed by atoms with Crippen LogP contribution in [0.1, 0.15) is 13.2 Å². The van der Waals surface area contributed by atoms with Crippen LogP contribution in [0.15, 0.2) is 12.7 Å². The molecule has 0 aromatic carbocycles. The summed E-state index contributed by atoms with van der Waals surface area (Å²) in [6, 6.07) is 0. The van der Waals surface area contributed by atoms with Gasteiger partial charge in [0.2, 0.25) is 0 Å². The Kier molecular flexibility index (Phi) is 5.91. The lowest BCUT2D eigenvalue weighted by Crippen LogP contribution is -2.45. The summed E-state index contributed by atoms with van der Waals surface area (Å²) in [7, 11) is -6.77. The maximum absolute atomic E-state index is 11.2. The summed E-state index contributed by atoms with van der Waals surface area (Å²) >= 11 is 0. The Balaban J connectivity index is 2.00. The highest BCUT2D eigenvalue weighted by molar-refractivity contribution is 7.32. The summed E-state index contributed by atoms with van der Waals surface area (Å²) in [6.07, 6.45) is -1.29. The fourth-order valence-corrected chi connectivity index (χ4v) is 3.84. The van der Waals surface area contributed by atoms with Gasteiger partial charge in [-0.3, -0.25) is 24.4 Å². The normalized spacial score (nSPS) is 30.5. The van der Waals surface area contributed by atoms with Gasteiger partial charge in [-0.25, -0.2) is 15.0 Å². The van der Waals surface area contributed by atoms with Crippen LogP contribution in [0, 0.1) is 0 Å². The summed E-state index contributed by atoms with van der Waals surface area (Å²) in [4.78, 5) is 29.9. The molecule has 3 rings (SSSR count). The van der Waals surface area contributed by atoms with Crippen molar-refractivity contribution >= 4 is 33.5 Å². The number of nitrogens with one attached hydrogen (secondary N) is 1. The van der Waals surface area contributed by atoms with Gasteiger partial charge in [0.1, 0.15) is 24.1 Å². The van der Waals surface area contributed by atoms with E-state index in [0.29, 0.717) is 0 Å². The molecule has 0 spiro atoms. The molecule has 16 heteroatoms. The van der Waals surface area contributed by atoms with Gasteiger partial charge >= 0.3 is 16.5 Å². The molecule has 1 aliphatic heterocycles. The molecule has 1 saturated heterocycles. The van der Waals surface area contributed by atoms with Gasteiger partial charge in [0, 0.05) is 0 Å². The van der Waals surface area contributed by atoms with E-state index in [2.05, 4.69) is 19.5 Å². The van der Waals surface area contributed by atoms with Gasteiger partial charge in [-0.05, 0) is 6.92 Å². The number of nitrogens with zero attached hydrogens (tertiary/aromatic N) is 4. The van der Waals surface area contributed by atoms with E-state index in [1.54, 1.807) is 0 Å². The molecule has 0 radical (unpaired) electrons. The predicted molar refractivity (Wildman–Crippen MR) is 88.5 cm³/mol. The molecule has 0 amide bonds. The van der Waals surface area contributed by atoms with E-state index in [9.17, 15) is 14.2 Å². The van der Waals surface area contributed by atoms with Crippen molar-refractivity contribution in [3.63, 3.8) is 0 Å². The minimum Gasteiger partial charge on any atom is -0.383 e. The van der Waals surface area contributed by atoms with Gasteiger partial charge in [0.15, 0.2) is 23.2 Å². The predicted octanol–water partition coefficient (Wildman–Crippen LogP) is -0.558. The molecule has 0 saturated carbocycles. The molecule has 2 aromatic heterocycles. The van der Waals surface area contributed by atoms with Gasteiger partial charge in [0.05, 0.1) is 12.9 Å². The van der Waals surface area contributed by atoms with Crippen molar-refractivity contribution in [3.8, 4) is 0 Å². The molecule has 150 valence electrons. The summed E-state index contributed by atoms with van der Waals surface area (Å²) in [5.41, 5.74) is 0.353. The molecule has 14 nitrogen and oxygen atoms in total. The fraction of sp³-hybridized carbons (Fsp3) is 0.545. The van der Waals surface area contributed by atoms with E-state index >= 15 is 0 Å². The van der Waals surface area contributed by atoms with Crippen LogP contribution in [-0.4, -0.2) is 64.0 Å². The molecule has 1 aliphatic rings. The lowest BCUT2D eigenvalue weighted by Gasteiger charge is -2.29. The van der Waals surface area contributed by atoms with Crippen LogP contribution in [0.4, 0.5) is 5.82 Å². The van der Waals surface area contributed by atoms with Crippen LogP contribution >= 0.6 is 16.5 Å². The first kappa shape index (κ1) is 20.3. The Morgan fingerprint density at radius 1 is 1.33 bits per heavy atom. The maximum Gasteiger partial charge on any atom is 0.317 e. The summed E-state index contributed by atoms with van der Waals surface area (Å²) in [5.74, 6) is 0.0170. The molecule has 27 heavy (non-hydrogen) atoms. The second kappa shape index (κ2) is 7.87. The highest BCUT2D eigenvalue weighted by atomic mass is 31.1. The average molecular weight is 425 g/mol. The quantitative estimate of drug-likeness (QED) is 0.280. The minimum atomic E-state index is -3.47. The maximum atomic E-state index is 11.2. The molecule has 5 N–H and O–H groups in total. The third kappa shape index (κ3) is 3.90. The second-order valence-electron chi connectivity index (χ2n) is 5.79. The van der Waals surface area contributed by atoms with Crippen LogP contribution in [0.2, 0.25) is 0 Å². The largest absolute Gasteiger partial charge is 0.383 e. The number of hydrogen-bond donors (Lipinski definition) is 5. The smallest absolute Gasteiger partial charge is 0.317 e. The Labute approximate surface area is 152 Å². The van der Waals surface area contributed by atoms with Crippen LogP contribution in [-0.2, 0) is 22.9 Å². The first-order valence-electron chi connectivity index (χ1n) is 7.46. The summed E-state index contributed by atoms with van der Waals surface area (Å²) in [5, 5.41) is 20.0. The average Bonchev–Trinajstić information content (AvgIpc) is 3.12. The highest BCUT2D eigenvalue weighted by Gasteiger charge is 2.55. The van der Waals surface area contributed by atoms with E-state index in [-0.39, 0.29) is 17.0 Å². The number of ether oxygens (including phenoxy) is 1. The number of hydrogen-bond acceptors (Lipinski definition) is 11. The molecular formula is C11H17N5O9P2. The number of imidazole rings is 1. The van der Waals surface area contributed by atoms with E-state index in [0.717, 1.165) is 6.33 Å². The molecule has 1 fully saturated rings. The van der Waals surface area contributed by atoms with E-state index < -0.39 is 47.2 Å². The number of aliphatic hydroxyl groups is 1. The number of fused-ring (bicyclic) bond motifs is 1. The minimum absolute atomic E-state index is 0.0170. The van der Waals surface area contributed by atoms with Crippen molar-refractivity contribution < 1.29 is 43.0 Å². The molecule has 0 aliphatic carbocycles. The summed E-state index contributed by atoms with van der Waals surface area (Å²) in [6.45, 7) is 0.833. The first-order valence-corrected chi connectivity index (χ1v) is 9.99. The molecule has 6 atom stereocenters. The molecule has 5 unspecified atom stereocenters. The Hall–Kier alpha value is -1.47. The lowest BCUT2D eigenvalue weighted by molar-refractivity contribution is -0.0920. The monoisotopic (exact) mass is 425 g/mol.